The van der Waals surface area contributed by atoms with Crippen molar-refractivity contribution >= 4 is 23.2 Å². The Morgan fingerprint density at radius 1 is 0.812 bits per heavy atom. The molecule has 0 saturated carbocycles. The maximum Gasteiger partial charge on any atom is 0.411 e. The number of ether oxygens (including phenoxy) is 1. The molecule has 2 amide bonds. The minimum Gasteiger partial charge on any atom is -0.367 e. The van der Waals surface area contributed by atoms with Gasteiger partial charge in [-0.15, -0.1) is 11.3 Å². The Morgan fingerprint density at radius 2 is 1.38 bits per heavy atom. The van der Waals surface area contributed by atoms with Gasteiger partial charge in [0.05, 0.1) is 11.5 Å². The average Bonchev–Trinajstić information content (AvgIpc) is 3.31. The highest BCUT2D eigenvalue weighted by Gasteiger charge is 2.27. The molecule has 3 aromatic rings. The van der Waals surface area contributed by atoms with Crippen molar-refractivity contribution in [3.05, 3.63) is 93.2 Å². The highest BCUT2D eigenvalue weighted by Crippen LogP contribution is 2.16. The van der Waals surface area contributed by atoms with Crippen LogP contribution in [0.25, 0.3) is 0 Å². The van der Waals surface area contributed by atoms with Gasteiger partial charge in [0.15, 0.2) is 0 Å². The number of hydrogen-bond acceptors (Lipinski definition) is 4. The number of rotatable bonds is 9. The number of hydrogen-bond donors (Lipinski definition) is 2. The molecular formula is C23H21F3N2O3S. The predicted molar refractivity (Wildman–Crippen MR) is 115 cm³/mol. The lowest BCUT2D eigenvalue weighted by Gasteiger charge is -2.09. The zero-order chi connectivity index (χ0) is 23.0. The molecule has 168 valence electrons. The number of carbonyl (C=O) groups excluding carboxylic acids is 2. The van der Waals surface area contributed by atoms with Gasteiger partial charge in [-0.3, -0.25) is 9.59 Å². The molecule has 2 N–H and O–H groups in total. The molecule has 0 saturated heterocycles. The van der Waals surface area contributed by atoms with Gasteiger partial charge in [-0.2, -0.15) is 13.2 Å². The topological polar surface area (TPSA) is 67.4 Å². The second kappa shape index (κ2) is 10.9. The monoisotopic (exact) mass is 462 g/mol. The Hall–Kier alpha value is -3.17. The normalized spacial score (nSPS) is 11.2. The molecule has 9 heteroatoms. The van der Waals surface area contributed by atoms with E-state index in [9.17, 15) is 22.8 Å². The van der Waals surface area contributed by atoms with Crippen LogP contribution in [0.5, 0.6) is 0 Å². The summed E-state index contributed by atoms with van der Waals surface area (Å²) in [5, 5.41) is 7.46. The fourth-order valence-corrected chi connectivity index (χ4v) is 3.41. The van der Waals surface area contributed by atoms with Gasteiger partial charge < -0.3 is 15.4 Å². The largest absolute Gasteiger partial charge is 0.411 e. The van der Waals surface area contributed by atoms with Crippen molar-refractivity contribution < 1.29 is 27.5 Å². The average molecular weight is 462 g/mol. The molecule has 2 aromatic carbocycles. The van der Waals surface area contributed by atoms with Gasteiger partial charge in [0.25, 0.3) is 11.8 Å². The zero-order valence-electron chi connectivity index (χ0n) is 16.9. The Kier molecular flexibility index (Phi) is 8.02. The van der Waals surface area contributed by atoms with Gasteiger partial charge in [-0.1, -0.05) is 42.5 Å². The van der Waals surface area contributed by atoms with Crippen molar-refractivity contribution in [3.8, 4) is 0 Å². The fourth-order valence-electron chi connectivity index (χ4n) is 2.77. The van der Waals surface area contributed by atoms with Crippen molar-refractivity contribution in [2.75, 3.05) is 6.61 Å². The zero-order valence-corrected chi connectivity index (χ0v) is 17.8. The first-order valence-corrected chi connectivity index (χ1v) is 10.6. The molecule has 0 bridgehead atoms. The molecule has 0 atom stereocenters. The summed E-state index contributed by atoms with van der Waals surface area (Å²) in [4.78, 5) is 25.0. The Bertz CT molecular complexity index is 1020. The molecule has 0 unspecified atom stereocenters. The van der Waals surface area contributed by atoms with Gasteiger partial charge in [-0.25, -0.2) is 0 Å². The van der Waals surface area contributed by atoms with Crippen molar-refractivity contribution in [2.45, 2.75) is 25.9 Å². The van der Waals surface area contributed by atoms with Gasteiger partial charge in [-0.05, 0) is 40.3 Å². The smallest absolute Gasteiger partial charge is 0.367 e. The standard InChI is InChI=1S/C23H21F3N2O3S/c24-23(25,26)15-31-14-18-5-3-16(4-6-18)12-27-21(29)19-9-7-17(8-10-19)13-28-22(30)20-2-1-11-32-20/h1-11H,12-15H2,(H,27,29)(H,28,30). The summed E-state index contributed by atoms with van der Waals surface area (Å²) in [7, 11) is 0. The number of nitrogens with one attached hydrogen (secondary N) is 2. The van der Waals surface area contributed by atoms with Gasteiger partial charge in [0, 0.05) is 18.7 Å². The third-order valence-corrected chi connectivity index (χ3v) is 5.29. The first-order valence-electron chi connectivity index (χ1n) is 9.71. The van der Waals surface area contributed by atoms with E-state index < -0.39 is 12.8 Å². The second-order valence-electron chi connectivity index (χ2n) is 6.96. The summed E-state index contributed by atoms with van der Waals surface area (Å²) < 4.78 is 40.9. The quantitative estimate of drug-likeness (QED) is 0.485. The molecule has 5 nitrogen and oxygen atoms in total. The number of carbonyl (C=O) groups is 2. The van der Waals surface area contributed by atoms with E-state index in [1.807, 2.05) is 11.4 Å². The van der Waals surface area contributed by atoms with E-state index in [1.54, 1.807) is 54.6 Å². The predicted octanol–water partition coefficient (Wildman–Crippen LogP) is 4.69. The Labute approximate surface area is 187 Å². The molecular weight excluding hydrogens is 441 g/mol. The summed E-state index contributed by atoms with van der Waals surface area (Å²) in [5.74, 6) is -0.392. The molecule has 0 spiro atoms. The number of benzene rings is 2. The first kappa shape index (κ1) is 23.5. The molecule has 0 aliphatic rings. The number of thiophene rings is 1. The summed E-state index contributed by atoms with van der Waals surface area (Å²) >= 11 is 1.37. The van der Waals surface area contributed by atoms with Crippen LogP contribution in [0.4, 0.5) is 13.2 Å². The molecule has 1 heterocycles. The molecule has 3 rings (SSSR count). The number of halogens is 3. The Morgan fingerprint density at radius 3 is 1.94 bits per heavy atom. The van der Waals surface area contributed by atoms with E-state index in [2.05, 4.69) is 15.4 Å². The molecule has 0 aliphatic heterocycles. The third-order valence-electron chi connectivity index (χ3n) is 4.42. The van der Waals surface area contributed by atoms with E-state index in [4.69, 9.17) is 0 Å². The van der Waals surface area contributed by atoms with Crippen LogP contribution in [0.15, 0.2) is 66.0 Å². The number of amides is 2. The van der Waals surface area contributed by atoms with Gasteiger partial charge >= 0.3 is 6.18 Å². The van der Waals surface area contributed by atoms with E-state index in [0.29, 0.717) is 22.5 Å². The second-order valence-corrected chi connectivity index (χ2v) is 7.91. The van der Waals surface area contributed by atoms with Crippen LogP contribution in [0, 0.1) is 0 Å². The summed E-state index contributed by atoms with van der Waals surface area (Å²) in [5.41, 5.74) is 2.78. The van der Waals surface area contributed by atoms with Crippen LogP contribution in [-0.4, -0.2) is 24.6 Å². The van der Waals surface area contributed by atoms with E-state index in [0.717, 1.165) is 11.1 Å². The van der Waals surface area contributed by atoms with Crippen molar-refractivity contribution in [2.24, 2.45) is 0 Å². The maximum absolute atomic E-state index is 12.3. The van der Waals surface area contributed by atoms with Crippen LogP contribution in [0.1, 0.15) is 36.7 Å². The maximum atomic E-state index is 12.3. The van der Waals surface area contributed by atoms with Gasteiger partial charge in [0.2, 0.25) is 0 Å². The lowest BCUT2D eigenvalue weighted by atomic mass is 10.1. The fraction of sp³-hybridized carbons (Fsp3) is 0.217. The van der Waals surface area contributed by atoms with E-state index in [-0.39, 0.29) is 25.0 Å². The molecule has 0 radical (unpaired) electrons. The van der Waals surface area contributed by atoms with Crippen LogP contribution in [-0.2, 0) is 24.4 Å². The lowest BCUT2D eigenvalue weighted by Crippen LogP contribution is -2.23. The lowest BCUT2D eigenvalue weighted by molar-refractivity contribution is -0.176. The van der Waals surface area contributed by atoms with Crippen LogP contribution < -0.4 is 10.6 Å². The molecule has 32 heavy (non-hydrogen) atoms. The molecule has 0 fully saturated rings. The van der Waals surface area contributed by atoms with E-state index >= 15 is 0 Å². The minimum absolute atomic E-state index is 0.133. The molecule has 0 aliphatic carbocycles. The summed E-state index contributed by atoms with van der Waals surface area (Å²) in [6.45, 7) is -0.782. The number of alkyl halides is 3. The summed E-state index contributed by atoms with van der Waals surface area (Å²) in [6, 6.07) is 17.3. The Balaban J connectivity index is 1.43. The van der Waals surface area contributed by atoms with Crippen LogP contribution in [0.2, 0.25) is 0 Å². The SMILES string of the molecule is O=C(NCc1ccc(COCC(F)(F)F)cc1)c1ccc(CNC(=O)c2cccs2)cc1. The molecule has 1 aromatic heterocycles. The van der Waals surface area contributed by atoms with Crippen molar-refractivity contribution in [1.29, 1.82) is 0 Å². The first-order chi connectivity index (χ1) is 15.3. The van der Waals surface area contributed by atoms with Crippen molar-refractivity contribution in [3.63, 3.8) is 0 Å². The van der Waals surface area contributed by atoms with Crippen LogP contribution >= 0.6 is 11.3 Å². The minimum atomic E-state index is -4.35. The highest BCUT2D eigenvalue weighted by molar-refractivity contribution is 7.12. The van der Waals surface area contributed by atoms with Gasteiger partial charge in [0.1, 0.15) is 6.61 Å². The van der Waals surface area contributed by atoms with Crippen LogP contribution in [0.3, 0.4) is 0 Å². The third kappa shape index (κ3) is 7.51. The van der Waals surface area contributed by atoms with Crippen molar-refractivity contribution in [1.82, 2.24) is 10.6 Å². The van der Waals surface area contributed by atoms with E-state index in [1.165, 1.54) is 11.3 Å². The highest BCUT2D eigenvalue weighted by atomic mass is 32.1. The summed E-state index contributed by atoms with van der Waals surface area (Å²) in [6.07, 6.45) is -4.35.